The number of carbonyl (C=O) groups excluding carboxylic acids is 2. The SMILES string of the molecule is CCC(C)C(=O)Oc1ccc(OC(=O)C(C)CC)c2cc(C)ccc12. The molecule has 2 rings (SSSR count). The summed E-state index contributed by atoms with van der Waals surface area (Å²) in [6, 6.07) is 9.17. The molecule has 2 aromatic rings. The average Bonchev–Trinajstić information content (AvgIpc) is 2.61. The fraction of sp³-hybridized carbons (Fsp3) is 0.429. The van der Waals surface area contributed by atoms with Crippen molar-refractivity contribution in [3.05, 3.63) is 35.9 Å². The number of fused-ring (bicyclic) bond motifs is 1. The quantitative estimate of drug-likeness (QED) is 0.544. The number of hydrogen-bond donors (Lipinski definition) is 0. The summed E-state index contributed by atoms with van der Waals surface area (Å²) in [7, 11) is 0. The van der Waals surface area contributed by atoms with E-state index in [1.54, 1.807) is 12.1 Å². The van der Waals surface area contributed by atoms with Gasteiger partial charge in [0.1, 0.15) is 11.5 Å². The Kier molecular flexibility index (Phi) is 6.18. The molecule has 2 unspecified atom stereocenters. The van der Waals surface area contributed by atoms with Gasteiger partial charge in [0.15, 0.2) is 0 Å². The van der Waals surface area contributed by atoms with Gasteiger partial charge in [-0.2, -0.15) is 0 Å². The first-order valence-electron chi connectivity index (χ1n) is 8.84. The van der Waals surface area contributed by atoms with Crippen LogP contribution in [0.3, 0.4) is 0 Å². The maximum absolute atomic E-state index is 12.2. The van der Waals surface area contributed by atoms with Crippen LogP contribution in [0.4, 0.5) is 0 Å². The topological polar surface area (TPSA) is 52.6 Å². The summed E-state index contributed by atoms with van der Waals surface area (Å²) in [6.07, 6.45) is 1.45. The lowest BCUT2D eigenvalue weighted by atomic mass is 10.1. The number of esters is 2. The molecule has 0 N–H and O–H groups in total. The van der Waals surface area contributed by atoms with Crippen LogP contribution in [0, 0.1) is 18.8 Å². The lowest BCUT2D eigenvalue weighted by molar-refractivity contribution is -0.139. The van der Waals surface area contributed by atoms with Crippen molar-refractivity contribution in [3.8, 4) is 11.5 Å². The molecule has 134 valence electrons. The zero-order chi connectivity index (χ0) is 18.6. The minimum atomic E-state index is -0.256. The van der Waals surface area contributed by atoms with Crippen molar-refractivity contribution in [1.82, 2.24) is 0 Å². The number of ether oxygens (including phenoxy) is 2. The Morgan fingerprint density at radius 1 is 0.840 bits per heavy atom. The molecular weight excluding hydrogens is 316 g/mol. The molecule has 4 nitrogen and oxygen atoms in total. The summed E-state index contributed by atoms with van der Waals surface area (Å²) in [4.78, 5) is 24.3. The van der Waals surface area contributed by atoms with Crippen LogP contribution < -0.4 is 9.47 Å². The molecule has 0 heterocycles. The van der Waals surface area contributed by atoms with E-state index in [4.69, 9.17) is 9.47 Å². The molecule has 0 saturated carbocycles. The second-order valence-electron chi connectivity index (χ2n) is 6.57. The van der Waals surface area contributed by atoms with E-state index in [-0.39, 0.29) is 23.8 Å². The third kappa shape index (κ3) is 4.38. The van der Waals surface area contributed by atoms with Crippen LogP contribution in [0.2, 0.25) is 0 Å². The Morgan fingerprint density at radius 2 is 1.32 bits per heavy atom. The van der Waals surface area contributed by atoms with Gasteiger partial charge in [0.2, 0.25) is 0 Å². The minimum Gasteiger partial charge on any atom is -0.426 e. The van der Waals surface area contributed by atoms with Crippen molar-refractivity contribution in [2.24, 2.45) is 11.8 Å². The largest absolute Gasteiger partial charge is 0.426 e. The smallest absolute Gasteiger partial charge is 0.314 e. The number of hydrogen-bond acceptors (Lipinski definition) is 4. The molecule has 0 saturated heterocycles. The molecule has 4 heteroatoms. The van der Waals surface area contributed by atoms with Crippen LogP contribution in [0.5, 0.6) is 11.5 Å². The number of carbonyl (C=O) groups is 2. The van der Waals surface area contributed by atoms with Crippen molar-refractivity contribution >= 4 is 22.7 Å². The summed E-state index contributed by atoms with van der Waals surface area (Å²) < 4.78 is 11.2. The first kappa shape index (κ1) is 19.0. The van der Waals surface area contributed by atoms with Gasteiger partial charge >= 0.3 is 11.9 Å². The van der Waals surface area contributed by atoms with Crippen LogP contribution in [0.25, 0.3) is 10.8 Å². The Morgan fingerprint density at radius 3 is 1.80 bits per heavy atom. The predicted octanol–water partition coefficient (Wildman–Crippen LogP) is 5.05. The highest BCUT2D eigenvalue weighted by molar-refractivity contribution is 5.96. The van der Waals surface area contributed by atoms with E-state index in [2.05, 4.69) is 0 Å². The molecule has 0 aromatic heterocycles. The third-order valence-electron chi connectivity index (χ3n) is 4.54. The van der Waals surface area contributed by atoms with Crippen LogP contribution >= 0.6 is 0 Å². The maximum atomic E-state index is 12.2. The lowest BCUT2D eigenvalue weighted by Crippen LogP contribution is -2.18. The van der Waals surface area contributed by atoms with Gasteiger partial charge in [-0.3, -0.25) is 9.59 Å². The number of rotatable bonds is 6. The molecule has 0 aliphatic carbocycles. The van der Waals surface area contributed by atoms with Crippen LogP contribution in [-0.2, 0) is 9.59 Å². The van der Waals surface area contributed by atoms with E-state index in [1.165, 1.54) is 0 Å². The van der Waals surface area contributed by atoms with Crippen molar-refractivity contribution in [1.29, 1.82) is 0 Å². The van der Waals surface area contributed by atoms with Gasteiger partial charge in [-0.1, -0.05) is 45.4 Å². The van der Waals surface area contributed by atoms with Gasteiger partial charge in [0.25, 0.3) is 0 Å². The van der Waals surface area contributed by atoms with Crippen molar-refractivity contribution < 1.29 is 19.1 Å². The van der Waals surface area contributed by atoms with Crippen molar-refractivity contribution in [3.63, 3.8) is 0 Å². The van der Waals surface area contributed by atoms with Crippen LogP contribution in [0.1, 0.15) is 46.1 Å². The monoisotopic (exact) mass is 342 g/mol. The van der Waals surface area contributed by atoms with Gasteiger partial charge in [-0.15, -0.1) is 0 Å². The molecule has 2 atom stereocenters. The van der Waals surface area contributed by atoms with Crippen molar-refractivity contribution in [2.75, 3.05) is 0 Å². The molecule has 2 aromatic carbocycles. The highest BCUT2D eigenvalue weighted by atomic mass is 16.5. The second kappa shape index (κ2) is 8.15. The summed E-state index contributed by atoms with van der Waals surface area (Å²) in [5.41, 5.74) is 1.04. The zero-order valence-corrected chi connectivity index (χ0v) is 15.6. The number of benzene rings is 2. The van der Waals surface area contributed by atoms with E-state index >= 15 is 0 Å². The van der Waals surface area contributed by atoms with Gasteiger partial charge in [-0.05, 0) is 38.0 Å². The summed E-state index contributed by atoms with van der Waals surface area (Å²) in [5, 5.41) is 1.53. The molecule has 0 spiro atoms. The van der Waals surface area contributed by atoms with Gasteiger partial charge < -0.3 is 9.47 Å². The van der Waals surface area contributed by atoms with Crippen LogP contribution in [0.15, 0.2) is 30.3 Å². The molecule has 0 aliphatic rings. The Bertz CT molecular complexity index is 779. The fourth-order valence-electron chi connectivity index (χ4n) is 2.34. The molecule has 0 amide bonds. The second-order valence-corrected chi connectivity index (χ2v) is 6.57. The standard InChI is InChI=1S/C21H26O4/c1-6-14(4)20(22)24-18-10-11-19(25-21(23)15(5)7-2)17-12-13(3)8-9-16(17)18/h8-12,14-15H,6-7H2,1-5H3. The Balaban J connectivity index is 2.43. The van der Waals surface area contributed by atoms with E-state index in [9.17, 15) is 9.59 Å². The van der Waals surface area contributed by atoms with Gasteiger partial charge in [-0.25, -0.2) is 0 Å². The minimum absolute atomic E-state index is 0.164. The summed E-state index contributed by atoms with van der Waals surface area (Å²) in [6.45, 7) is 9.56. The van der Waals surface area contributed by atoms with Gasteiger partial charge in [0, 0.05) is 10.8 Å². The zero-order valence-electron chi connectivity index (χ0n) is 15.6. The summed E-state index contributed by atoms with van der Waals surface area (Å²) in [5.74, 6) is 0.144. The highest BCUT2D eigenvalue weighted by Crippen LogP contribution is 2.35. The normalized spacial score (nSPS) is 13.3. The Labute approximate surface area is 149 Å². The molecule has 0 bridgehead atoms. The van der Waals surface area contributed by atoms with Gasteiger partial charge in [0.05, 0.1) is 11.8 Å². The third-order valence-corrected chi connectivity index (χ3v) is 4.54. The Hall–Kier alpha value is -2.36. The molecule has 0 aliphatic heterocycles. The summed E-state index contributed by atoms with van der Waals surface area (Å²) >= 11 is 0. The fourth-order valence-corrected chi connectivity index (χ4v) is 2.34. The van der Waals surface area contributed by atoms with E-state index in [0.717, 1.165) is 29.2 Å². The first-order chi connectivity index (χ1) is 11.9. The first-order valence-corrected chi connectivity index (χ1v) is 8.84. The average molecular weight is 342 g/mol. The van der Waals surface area contributed by atoms with E-state index < -0.39 is 0 Å². The number of aryl methyl sites for hydroxylation is 1. The predicted molar refractivity (Wildman–Crippen MR) is 98.9 cm³/mol. The molecule has 0 fully saturated rings. The van der Waals surface area contributed by atoms with Crippen LogP contribution in [-0.4, -0.2) is 11.9 Å². The van der Waals surface area contributed by atoms with Crippen molar-refractivity contribution in [2.45, 2.75) is 47.5 Å². The molecule has 25 heavy (non-hydrogen) atoms. The maximum Gasteiger partial charge on any atom is 0.314 e. The van der Waals surface area contributed by atoms with E-state index in [1.807, 2.05) is 52.8 Å². The van der Waals surface area contributed by atoms with E-state index in [0.29, 0.717) is 11.5 Å². The molecule has 0 radical (unpaired) electrons. The molecular formula is C21H26O4. The lowest BCUT2D eigenvalue weighted by Gasteiger charge is -2.15. The highest BCUT2D eigenvalue weighted by Gasteiger charge is 2.18.